The monoisotopic (exact) mass is 230 g/mol. The van der Waals surface area contributed by atoms with Gasteiger partial charge in [-0.15, -0.1) is 0 Å². The van der Waals surface area contributed by atoms with Crippen LogP contribution in [0.4, 0.5) is 4.39 Å². The van der Waals surface area contributed by atoms with Crippen LogP contribution < -0.4 is 0 Å². The van der Waals surface area contributed by atoms with Crippen molar-refractivity contribution < 1.29 is 9.18 Å². The molecule has 0 amide bonds. The summed E-state index contributed by atoms with van der Waals surface area (Å²) in [5.74, 6) is -0.483. The zero-order valence-electron chi connectivity index (χ0n) is 6.55. The molecule has 3 heteroatoms. The Morgan fingerprint density at radius 2 is 2.25 bits per heavy atom. The summed E-state index contributed by atoms with van der Waals surface area (Å²) in [6.45, 7) is 1.72. The zero-order chi connectivity index (χ0) is 9.14. The fraction of sp³-hybridized carbons (Fsp3) is 0.222. The number of alkyl halides is 1. The number of halogens is 2. The van der Waals surface area contributed by atoms with Crippen molar-refractivity contribution >= 4 is 21.7 Å². The molecule has 12 heavy (non-hydrogen) atoms. The molecular weight excluding hydrogens is 223 g/mol. The second kappa shape index (κ2) is 3.81. The van der Waals surface area contributed by atoms with Crippen LogP contribution in [0.2, 0.25) is 0 Å². The highest BCUT2D eigenvalue weighted by molar-refractivity contribution is 9.10. The van der Waals surface area contributed by atoms with Crippen LogP contribution in [0, 0.1) is 5.82 Å². The average molecular weight is 231 g/mol. The Balaban J connectivity index is 2.96. The molecule has 64 valence electrons. The summed E-state index contributed by atoms with van der Waals surface area (Å²) in [4.78, 5) is 11.0. The van der Waals surface area contributed by atoms with Crippen molar-refractivity contribution in [2.45, 2.75) is 11.8 Å². The van der Waals surface area contributed by atoms with Crippen LogP contribution in [0.5, 0.6) is 0 Å². The van der Waals surface area contributed by atoms with Gasteiger partial charge in [0.1, 0.15) is 5.82 Å². The number of carbonyl (C=O) groups is 1. The summed E-state index contributed by atoms with van der Waals surface area (Å²) in [5, 5.41) is 0. The van der Waals surface area contributed by atoms with Gasteiger partial charge in [-0.05, 0) is 19.1 Å². The van der Waals surface area contributed by atoms with Crippen molar-refractivity contribution in [3.8, 4) is 0 Å². The Bertz CT molecular complexity index is 296. The number of benzene rings is 1. The van der Waals surface area contributed by atoms with E-state index < -0.39 is 0 Å². The first-order chi connectivity index (χ1) is 5.61. The maximum absolute atomic E-state index is 12.6. The minimum Gasteiger partial charge on any atom is -0.293 e. The Morgan fingerprint density at radius 1 is 1.58 bits per heavy atom. The van der Waals surface area contributed by atoms with Crippen molar-refractivity contribution in [2.24, 2.45) is 0 Å². The highest BCUT2D eigenvalue weighted by atomic mass is 79.9. The van der Waals surface area contributed by atoms with Crippen LogP contribution in [0.3, 0.4) is 0 Å². The molecule has 0 aromatic heterocycles. The van der Waals surface area contributed by atoms with E-state index in [1.54, 1.807) is 13.0 Å². The molecule has 0 N–H and O–H groups in total. The SMILES string of the molecule is CC(Br)C(=O)c1cccc(F)c1. The smallest absolute Gasteiger partial charge is 0.176 e. The van der Waals surface area contributed by atoms with Crippen LogP contribution in [0.25, 0.3) is 0 Å². The summed E-state index contributed by atoms with van der Waals surface area (Å²) in [6, 6.07) is 5.68. The topological polar surface area (TPSA) is 17.1 Å². The molecule has 0 aliphatic heterocycles. The van der Waals surface area contributed by atoms with E-state index in [1.165, 1.54) is 18.2 Å². The Labute approximate surface area is 78.7 Å². The van der Waals surface area contributed by atoms with Crippen molar-refractivity contribution in [2.75, 3.05) is 0 Å². The van der Waals surface area contributed by atoms with Crippen molar-refractivity contribution in [1.82, 2.24) is 0 Å². The quantitative estimate of drug-likeness (QED) is 0.565. The standard InChI is InChI=1S/C9H8BrFO/c1-6(10)9(12)7-3-2-4-8(11)5-7/h2-6H,1H3. The molecule has 1 nitrogen and oxygen atoms in total. The fourth-order valence-electron chi connectivity index (χ4n) is 0.871. The zero-order valence-corrected chi connectivity index (χ0v) is 8.14. The average Bonchev–Trinajstić information content (AvgIpc) is 2.03. The Hall–Kier alpha value is -0.700. The summed E-state index contributed by atoms with van der Waals surface area (Å²) in [6.07, 6.45) is 0. The molecular formula is C9H8BrFO. The molecule has 0 saturated carbocycles. The summed E-state index contributed by atoms with van der Waals surface area (Å²) >= 11 is 3.13. The van der Waals surface area contributed by atoms with Gasteiger partial charge in [0.15, 0.2) is 5.78 Å². The van der Waals surface area contributed by atoms with Gasteiger partial charge in [-0.1, -0.05) is 28.1 Å². The molecule has 0 saturated heterocycles. The normalized spacial score (nSPS) is 12.6. The molecule has 0 spiro atoms. The van der Waals surface area contributed by atoms with Gasteiger partial charge in [-0.25, -0.2) is 4.39 Å². The number of hydrogen-bond donors (Lipinski definition) is 0. The van der Waals surface area contributed by atoms with E-state index in [1.807, 2.05) is 0 Å². The van der Waals surface area contributed by atoms with Gasteiger partial charge >= 0.3 is 0 Å². The Morgan fingerprint density at radius 3 is 2.75 bits per heavy atom. The second-order valence-corrected chi connectivity index (χ2v) is 3.86. The number of hydrogen-bond acceptors (Lipinski definition) is 1. The summed E-state index contributed by atoms with van der Waals surface area (Å²) in [7, 11) is 0. The summed E-state index contributed by atoms with van der Waals surface area (Å²) < 4.78 is 12.6. The maximum Gasteiger partial charge on any atom is 0.176 e. The van der Waals surface area contributed by atoms with E-state index in [-0.39, 0.29) is 16.4 Å². The third-order valence-corrected chi connectivity index (χ3v) is 1.89. The highest BCUT2D eigenvalue weighted by Gasteiger charge is 2.11. The predicted octanol–water partition coefficient (Wildman–Crippen LogP) is 2.79. The van der Waals surface area contributed by atoms with Crippen LogP contribution in [-0.2, 0) is 0 Å². The third kappa shape index (κ3) is 2.14. The minimum atomic E-state index is -0.381. The molecule has 0 bridgehead atoms. The van der Waals surface area contributed by atoms with E-state index in [9.17, 15) is 9.18 Å². The van der Waals surface area contributed by atoms with E-state index >= 15 is 0 Å². The van der Waals surface area contributed by atoms with Crippen LogP contribution in [0.15, 0.2) is 24.3 Å². The van der Waals surface area contributed by atoms with Crippen molar-refractivity contribution in [3.05, 3.63) is 35.6 Å². The minimum absolute atomic E-state index is 0.102. The highest BCUT2D eigenvalue weighted by Crippen LogP contribution is 2.10. The van der Waals surface area contributed by atoms with Crippen LogP contribution >= 0.6 is 15.9 Å². The van der Waals surface area contributed by atoms with Crippen LogP contribution in [-0.4, -0.2) is 10.6 Å². The fourth-order valence-corrected chi connectivity index (χ4v) is 1.14. The molecule has 0 aliphatic rings. The third-order valence-electron chi connectivity index (χ3n) is 1.47. The Kier molecular flexibility index (Phi) is 2.98. The first kappa shape index (κ1) is 9.39. The number of carbonyl (C=O) groups excluding carboxylic acids is 1. The second-order valence-electron chi connectivity index (χ2n) is 2.49. The lowest BCUT2D eigenvalue weighted by Gasteiger charge is -2.01. The lowest BCUT2D eigenvalue weighted by atomic mass is 10.1. The molecule has 0 fully saturated rings. The van der Waals surface area contributed by atoms with Gasteiger partial charge in [-0.3, -0.25) is 4.79 Å². The van der Waals surface area contributed by atoms with E-state index in [2.05, 4.69) is 15.9 Å². The predicted molar refractivity (Wildman–Crippen MR) is 49.1 cm³/mol. The lowest BCUT2D eigenvalue weighted by molar-refractivity contribution is 0.0995. The largest absolute Gasteiger partial charge is 0.293 e. The van der Waals surface area contributed by atoms with Crippen molar-refractivity contribution in [1.29, 1.82) is 0 Å². The first-order valence-electron chi connectivity index (χ1n) is 3.55. The van der Waals surface area contributed by atoms with Gasteiger partial charge in [0, 0.05) is 5.56 Å². The number of rotatable bonds is 2. The molecule has 1 unspecified atom stereocenters. The van der Waals surface area contributed by atoms with Crippen LogP contribution in [0.1, 0.15) is 17.3 Å². The molecule has 1 aromatic carbocycles. The first-order valence-corrected chi connectivity index (χ1v) is 4.46. The number of Topliss-reactive ketones (excluding diaryl/α,β-unsaturated/α-hetero) is 1. The molecule has 0 heterocycles. The molecule has 0 aliphatic carbocycles. The number of ketones is 1. The van der Waals surface area contributed by atoms with Gasteiger partial charge in [-0.2, -0.15) is 0 Å². The van der Waals surface area contributed by atoms with Gasteiger partial charge in [0.2, 0.25) is 0 Å². The van der Waals surface area contributed by atoms with Crippen molar-refractivity contribution in [3.63, 3.8) is 0 Å². The van der Waals surface area contributed by atoms with Gasteiger partial charge in [0.05, 0.1) is 4.83 Å². The molecule has 1 atom stereocenters. The van der Waals surface area contributed by atoms with Gasteiger partial charge in [0.25, 0.3) is 0 Å². The van der Waals surface area contributed by atoms with Gasteiger partial charge < -0.3 is 0 Å². The lowest BCUT2D eigenvalue weighted by Crippen LogP contribution is -2.09. The maximum atomic E-state index is 12.6. The molecule has 0 radical (unpaired) electrons. The summed E-state index contributed by atoms with van der Waals surface area (Å²) in [5.41, 5.74) is 0.402. The molecule has 1 rings (SSSR count). The van der Waals surface area contributed by atoms with E-state index in [0.29, 0.717) is 5.56 Å². The van der Waals surface area contributed by atoms with E-state index in [4.69, 9.17) is 0 Å². The van der Waals surface area contributed by atoms with E-state index in [0.717, 1.165) is 0 Å². The molecule has 1 aromatic rings.